The number of nitrogens with one attached hydrogen (secondary N) is 1. The van der Waals surface area contributed by atoms with Gasteiger partial charge < -0.3 is 25.4 Å². The molecule has 2 aliphatic rings. The van der Waals surface area contributed by atoms with Crippen molar-refractivity contribution in [2.45, 2.75) is 31.7 Å². The fraction of sp³-hybridized carbons (Fsp3) is 0.579. The highest BCUT2D eigenvalue weighted by molar-refractivity contribution is 6.01. The van der Waals surface area contributed by atoms with Crippen molar-refractivity contribution in [1.82, 2.24) is 5.32 Å². The zero-order chi connectivity index (χ0) is 18.9. The van der Waals surface area contributed by atoms with E-state index in [0.29, 0.717) is 36.2 Å². The molecule has 1 saturated carbocycles. The maximum atomic E-state index is 12.7. The Morgan fingerprint density at radius 3 is 2.65 bits per heavy atom. The van der Waals surface area contributed by atoms with E-state index in [4.69, 9.17) is 15.2 Å². The van der Waals surface area contributed by atoms with Gasteiger partial charge in [0.15, 0.2) is 0 Å². The summed E-state index contributed by atoms with van der Waals surface area (Å²) in [7, 11) is 3.12. The van der Waals surface area contributed by atoms with Crippen LogP contribution in [0.15, 0.2) is 18.2 Å². The standard InChI is InChI=1S/C19H27N3O4/c1-19(11-20,13-4-5-13)21-18(24)12-8-17(23)22(10-12)15-7-6-14(25-2)9-16(15)26-3/h6-7,9,12-13H,4-5,8,10-11,20H2,1-3H3,(H,21,24). The molecule has 1 aromatic carbocycles. The summed E-state index contributed by atoms with van der Waals surface area (Å²) < 4.78 is 10.6. The molecule has 3 rings (SSSR count). The fourth-order valence-corrected chi connectivity index (χ4v) is 3.55. The maximum absolute atomic E-state index is 12.7. The smallest absolute Gasteiger partial charge is 0.227 e. The van der Waals surface area contributed by atoms with Gasteiger partial charge in [-0.2, -0.15) is 0 Å². The fourth-order valence-electron chi connectivity index (χ4n) is 3.55. The molecule has 2 unspecified atom stereocenters. The molecule has 7 nitrogen and oxygen atoms in total. The van der Waals surface area contributed by atoms with Gasteiger partial charge in [-0.3, -0.25) is 9.59 Å². The Morgan fingerprint density at radius 1 is 1.35 bits per heavy atom. The summed E-state index contributed by atoms with van der Waals surface area (Å²) in [5, 5.41) is 3.09. The number of amides is 2. The lowest BCUT2D eigenvalue weighted by Crippen LogP contribution is -2.54. The van der Waals surface area contributed by atoms with Crippen LogP contribution in [0.4, 0.5) is 5.69 Å². The molecule has 3 N–H and O–H groups in total. The zero-order valence-electron chi connectivity index (χ0n) is 15.6. The molecule has 2 fully saturated rings. The predicted octanol–water partition coefficient (Wildman–Crippen LogP) is 1.30. The molecule has 1 aliphatic heterocycles. The average Bonchev–Trinajstić information content (AvgIpc) is 3.44. The molecule has 1 aromatic rings. The summed E-state index contributed by atoms with van der Waals surface area (Å²) in [6.45, 7) is 2.72. The Labute approximate surface area is 153 Å². The molecule has 1 aliphatic carbocycles. The molecule has 0 spiro atoms. The van der Waals surface area contributed by atoms with E-state index in [1.165, 1.54) is 0 Å². The minimum atomic E-state index is -0.390. The van der Waals surface area contributed by atoms with Gasteiger partial charge in [0.2, 0.25) is 11.8 Å². The van der Waals surface area contributed by atoms with Crippen molar-refractivity contribution in [1.29, 1.82) is 0 Å². The summed E-state index contributed by atoms with van der Waals surface area (Å²) >= 11 is 0. The SMILES string of the molecule is COc1ccc(N2CC(C(=O)NC(C)(CN)C3CC3)CC2=O)c(OC)c1. The lowest BCUT2D eigenvalue weighted by atomic mass is 9.94. The molecule has 0 aromatic heterocycles. The lowest BCUT2D eigenvalue weighted by Gasteiger charge is -2.30. The summed E-state index contributed by atoms with van der Waals surface area (Å²) in [6, 6.07) is 5.29. The second-order valence-electron chi connectivity index (χ2n) is 7.33. The first-order valence-corrected chi connectivity index (χ1v) is 8.96. The largest absolute Gasteiger partial charge is 0.497 e. The van der Waals surface area contributed by atoms with E-state index in [0.717, 1.165) is 12.8 Å². The van der Waals surface area contributed by atoms with Crippen LogP contribution in [0.5, 0.6) is 11.5 Å². The van der Waals surface area contributed by atoms with Gasteiger partial charge in [-0.15, -0.1) is 0 Å². The van der Waals surface area contributed by atoms with Crippen LogP contribution in [0, 0.1) is 11.8 Å². The van der Waals surface area contributed by atoms with Crippen LogP contribution in [-0.4, -0.2) is 44.7 Å². The number of ether oxygens (including phenoxy) is 2. The van der Waals surface area contributed by atoms with Gasteiger partial charge in [0.1, 0.15) is 11.5 Å². The third-order valence-corrected chi connectivity index (χ3v) is 5.48. The number of rotatable bonds is 7. The Hall–Kier alpha value is -2.28. The molecular weight excluding hydrogens is 334 g/mol. The van der Waals surface area contributed by atoms with Crippen molar-refractivity contribution >= 4 is 17.5 Å². The van der Waals surface area contributed by atoms with Gasteiger partial charge in [-0.1, -0.05) is 0 Å². The van der Waals surface area contributed by atoms with E-state index in [-0.39, 0.29) is 29.7 Å². The number of nitrogens with zero attached hydrogens (tertiary/aromatic N) is 1. The molecule has 2 amide bonds. The van der Waals surface area contributed by atoms with Crippen molar-refractivity contribution in [3.8, 4) is 11.5 Å². The van der Waals surface area contributed by atoms with Crippen LogP contribution < -0.4 is 25.4 Å². The summed E-state index contributed by atoms with van der Waals surface area (Å²) in [5.41, 5.74) is 6.15. The molecule has 0 bridgehead atoms. The highest BCUT2D eigenvalue weighted by Crippen LogP contribution is 2.40. The number of benzene rings is 1. The number of carbonyl (C=O) groups is 2. The van der Waals surface area contributed by atoms with Crippen LogP contribution in [0.3, 0.4) is 0 Å². The first-order valence-electron chi connectivity index (χ1n) is 8.96. The summed E-state index contributed by atoms with van der Waals surface area (Å²) in [4.78, 5) is 26.9. The first-order chi connectivity index (χ1) is 12.4. The third-order valence-electron chi connectivity index (χ3n) is 5.48. The number of carbonyl (C=O) groups excluding carboxylic acids is 2. The summed E-state index contributed by atoms with van der Waals surface area (Å²) in [5.74, 6) is 1.05. The Balaban J connectivity index is 1.73. The topological polar surface area (TPSA) is 93.9 Å². The normalized spacial score (nSPS) is 22.1. The van der Waals surface area contributed by atoms with Gasteiger partial charge in [0.25, 0.3) is 0 Å². The minimum Gasteiger partial charge on any atom is -0.497 e. The number of nitrogens with two attached hydrogens (primary N) is 1. The Bertz CT molecular complexity index is 704. The van der Waals surface area contributed by atoms with E-state index in [1.54, 1.807) is 37.3 Å². The highest BCUT2D eigenvalue weighted by Gasteiger charge is 2.44. The first kappa shape index (κ1) is 18.5. The quantitative estimate of drug-likeness (QED) is 0.763. The van der Waals surface area contributed by atoms with Crippen LogP contribution in [0.2, 0.25) is 0 Å². The predicted molar refractivity (Wildman–Crippen MR) is 98.3 cm³/mol. The van der Waals surface area contributed by atoms with E-state index in [2.05, 4.69) is 5.32 Å². The van der Waals surface area contributed by atoms with Crippen LogP contribution >= 0.6 is 0 Å². The number of hydrogen-bond donors (Lipinski definition) is 2. The maximum Gasteiger partial charge on any atom is 0.227 e. The average molecular weight is 361 g/mol. The number of hydrogen-bond acceptors (Lipinski definition) is 5. The molecular formula is C19H27N3O4. The van der Waals surface area contributed by atoms with Gasteiger partial charge in [0.05, 0.1) is 31.4 Å². The zero-order valence-corrected chi connectivity index (χ0v) is 15.6. The highest BCUT2D eigenvalue weighted by atomic mass is 16.5. The van der Waals surface area contributed by atoms with Crippen molar-refractivity contribution in [2.75, 3.05) is 32.2 Å². The number of anilines is 1. The van der Waals surface area contributed by atoms with Gasteiger partial charge in [-0.05, 0) is 37.8 Å². The lowest BCUT2D eigenvalue weighted by molar-refractivity contribution is -0.128. The molecule has 1 saturated heterocycles. The monoisotopic (exact) mass is 361 g/mol. The molecule has 26 heavy (non-hydrogen) atoms. The molecule has 7 heteroatoms. The van der Waals surface area contributed by atoms with Gasteiger partial charge in [0, 0.05) is 25.6 Å². The molecule has 142 valence electrons. The third kappa shape index (κ3) is 3.49. The van der Waals surface area contributed by atoms with Crippen molar-refractivity contribution < 1.29 is 19.1 Å². The van der Waals surface area contributed by atoms with Crippen molar-refractivity contribution in [3.05, 3.63) is 18.2 Å². The van der Waals surface area contributed by atoms with Crippen molar-refractivity contribution in [3.63, 3.8) is 0 Å². The van der Waals surface area contributed by atoms with E-state index >= 15 is 0 Å². The molecule has 1 heterocycles. The second-order valence-corrected chi connectivity index (χ2v) is 7.33. The second kappa shape index (κ2) is 7.15. The minimum absolute atomic E-state index is 0.0884. The Kier molecular flexibility index (Phi) is 5.09. The molecule has 0 radical (unpaired) electrons. The van der Waals surface area contributed by atoms with Crippen LogP contribution in [0.1, 0.15) is 26.2 Å². The van der Waals surface area contributed by atoms with E-state index < -0.39 is 0 Å². The van der Waals surface area contributed by atoms with Crippen molar-refractivity contribution in [2.24, 2.45) is 17.6 Å². The van der Waals surface area contributed by atoms with E-state index in [1.807, 2.05) is 6.92 Å². The van der Waals surface area contributed by atoms with E-state index in [9.17, 15) is 9.59 Å². The molecule has 2 atom stereocenters. The van der Waals surface area contributed by atoms with Gasteiger partial charge in [-0.25, -0.2) is 0 Å². The summed E-state index contributed by atoms with van der Waals surface area (Å²) in [6.07, 6.45) is 2.37. The number of methoxy groups -OCH3 is 2. The Morgan fingerprint density at radius 2 is 2.08 bits per heavy atom. The van der Waals surface area contributed by atoms with Gasteiger partial charge >= 0.3 is 0 Å². The van der Waals surface area contributed by atoms with Crippen LogP contribution in [-0.2, 0) is 9.59 Å². The van der Waals surface area contributed by atoms with Crippen LogP contribution in [0.25, 0.3) is 0 Å².